The van der Waals surface area contributed by atoms with Crippen molar-refractivity contribution in [1.82, 2.24) is 5.32 Å². The summed E-state index contributed by atoms with van der Waals surface area (Å²) in [5.41, 5.74) is 1.28. The Kier molecular flexibility index (Phi) is 5.69. The van der Waals surface area contributed by atoms with E-state index in [9.17, 15) is 19.5 Å². The topological polar surface area (TPSA) is 109 Å². The van der Waals surface area contributed by atoms with Crippen molar-refractivity contribution in [2.24, 2.45) is 5.92 Å². The van der Waals surface area contributed by atoms with Crippen LogP contribution >= 0.6 is 0 Å². The number of aliphatic carboxylic acids is 1. The summed E-state index contributed by atoms with van der Waals surface area (Å²) in [7, 11) is 1.53. The van der Waals surface area contributed by atoms with Crippen LogP contribution in [0.4, 0.5) is 0 Å². The highest BCUT2D eigenvalue weighted by atomic mass is 16.5. The minimum atomic E-state index is -1.36. The minimum Gasteiger partial charge on any atom is -0.548 e. The molecule has 2 rings (SSSR count). The van der Waals surface area contributed by atoms with Crippen LogP contribution in [0.15, 0.2) is 21.3 Å². The summed E-state index contributed by atoms with van der Waals surface area (Å²) in [4.78, 5) is 35.7. The predicted octanol–water partition coefficient (Wildman–Crippen LogP) is 0.852. The lowest BCUT2D eigenvalue weighted by atomic mass is 10.00. The summed E-state index contributed by atoms with van der Waals surface area (Å²) < 4.78 is 10.6. The normalized spacial score (nSPS) is 12.2. The molecule has 0 saturated heterocycles. The number of carbonyl (C=O) groups excluding carboxylic acids is 2. The van der Waals surface area contributed by atoms with Gasteiger partial charge in [0, 0.05) is 10.9 Å². The molecular weight excluding hydrogens is 338 g/mol. The number of carboxylic acids is 1. The molecule has 7 heteroatoms. The second kappa shape index (κ2) is 7.59. The molecule has 0 aliphatic heterocycles. The first-order chi connectivity index (χ1) is 12.2. The Morgan fingerprint density at radius 3 is 2.42 bits per heavy atom. The molecule has 140 valence electrons. The Bertz CT molecular complexity index is 912. The van der Waals surface area contributed by atoms with Gasteiger partial charge in [0.15, 0.2) is 0 Å². The third-order valence-corrected chi connectivity index (χ3v) is 4.45. The highest BCUT2D eigenvalue weighted by Crippen LogP contribution is 2.29. The number of rotatable bonds is 6. The maximum Gasteiger partial charge on any atom is 0.340 e. The van der Waals surface area contributed by atoms with Crippen LogP contribution in [0.5, 0.6) is 5.75 Å². The van der Waals surface area contributed by atoms with Crippen LogP contribution in [0, 0.1) is 19.8 Å². The lowest BCUT2D eigenvalue weighted by Gasteiger charge is -2.23. The molecule has 1 heterocycles. The summed E-state index contributed by atoms with van der Waals surface area (Å²) in [5, 5.41) is 14.2. The molecular formula is C19H22NO6-. The molecule has 0 saturated carbocycles. The zero-order valence-electron chi connectivity index (χ0n) is 15.5. The molecule has 26 heavy (non-hydrogen) atoms. The molecule has 1 atom stereocenters. The summed E-state index contributed by atoms with van der Waals surface area (Å²) in [6.45, 7) is 6.83. The van der Waals surface area contributed by atoms with Crippen LogP contribution in [0.25, 0.3) is 11.0 Å². The van der Waals surface area contributed by atoms with Gasteiger partial charge in [-0.1, -0.05) is 13.8 Å². The standard InChI is InChI=1S/C19H23NO6/c1-9(2)16(18(22)23)20-15(21)8-13-10(3)12-6-7-14(25-5)11(4)17(12)26-19(13)24/h6-7,9,16H,8H2,1-5H3,(H,20,21)(H,22,23)/p-1/t16-/m0/s1. The monoisotopic (exact) mass is 360 g/mol. The van der Waals surface area contributed by atoms with Crippen molar-refractivity contribution in [2.45, 2.75) is 40.2 Å². The number of hydrogen-bond acceptors (Lipinski definition) is 6. The summed E-state index contributed by atoms with van der Waals surface area (Å²) >= 11 is 0. The van der Waals surface area contributed by atoms with Crippen molar-refractivity contribution < 1.29 is 23.8 Å². The fourth-order valence-corrected chi connectivity index (χ4v) is 2.88. The summed E-state index contributed by atoms with van der Waals surface area (Å²) in [6.07, 6.45) is -0.272. The molecule has 0 aliphatic rings. The van der Waals surface area contributed by atoms with Gasteiger partial charge in [0.05, 0.1) is 31.1 Å². The van der Waals surface area contributed by atoms with Gasteiger partial charge < -0.3 is 24.4 Å². The number of ether oxygens (including phenoxy) is 1. The summed E-state index contributed by atoms with van der Waals surface area (Å²) in [5.74, 6) is -1.68. The quantitative estimate of drug-likeness (QED) is 0.765. The molecule has 0 bridgehead atoms. The number of methoxy groups -OCH3 is 1. The Morgan fingerprint density at radius 1 is 1.23 bits per heavy atom. The van der Waals surface area contributed by atoms with Gasteiger partial charge in [0.1, 0.15) is 11.3 Å². The highest BCUT2D eigenvalue weighted by Gasteiger charge is 2.21. The number of amides is 1. The van der Waals surface area contributed by atoms with E-state index >= 15 is 0 Å². The SMILES string of the molecule is COc1ccc2c(C)c(CC(=O)N[C@H](C(=O)[O-])C(C)C)c(=O)oc2c1C. The number of hydrogen-bond donors (Lipinski definition) is 1. The van der Waals surface area contributed by atoms with E-state index in [2.05, 4.69) is 5.32 Å². The number of nitrogens with one attached hydrogen (secondary N) is 1. The molecule has 0 spiro atoms. The van der Waals surface area contributed by atoms with Gasteiger partial charge in [0.25, 0.3) is 0 Å². The van der Waals surface area contributed by atoms with Crippen LogP contribution in [0.3, 0.4) is 0 Å². The van der Waals surface area contributed by atoms with Gasteiger partial charge >= 0.3 is 5.63 Å². The molecule has 0 aliphatic carbocycles. The van der Waals surface area contributed by atoms with Crippen molar-refractivity contribution in [2.75, 3.05) is 7.11 Å². The maximum atomic E-state index is 12.4. The van der Waals surface area contributed by atoms with Crippen molar-refractivity contribution >= 4 is 22.8 Å². The third kappa shape index (κ3) is 3.71. The molecule has 0 fully saturated rings. The third-order valence-electron chi connectivity index (χ3n) is 4.45. The highest BCUT2D eigenvalue weighted by molar-refractivity contribution is 5.88. The van der Waals surface area contributed by atoms with Gasteiger partial charge in [-0.2, -0.15) is 0 Å². The molecule has 1 N–H and O–H groups in total. The Hall–Kier alpha value is -2.83. The molecule has 1 amide bonds. The van der Waals surface area contributed by atoms with Gasteiger partial charge in [-0.15, -0.1) is 0 Å². The van der Waals surface area contributed by atoms with E-state index in [1.54, 1.807) is 39.8 Å². The molecule has 0 radical (unpaired) electrons. The average molecular weight is 360 g/mol. The van der Waals surface area contributed by atoms with Gasteiger partial charge in [-0.25, -0.2) is 4.79 Å². The number of aryl methyl sites for hydroxylation is 2. The number of fused-ring (bicyclic) bond motifs is 1. The van der Waals surface area contributed by atoms with E-state index in [0.29, 0.717) is 27.8 Å². The number of carboxylic acid groups (broad SMARTS) is 1. The van der Waals surface area contributed by atoms with E-state index in [-0.39, 0.29) is 17.9 Å². The van der Waals surface area contributed by atoms with E-state index in [1.165, 1.54) is 7.11 Å². The second-order valence-corrected chi connectivity index (χ2v) is 6.55. The van der Waals surface area contributed by atoms with Crippen LogP contribution in [0.1, 0.15) is 30.5 Å². The van der Waals surface area contributed by atoms with Crippen molar-refractivity contribution in [3.8, 4) is 5.75 Å². The van der Waals surface area contributed by atoms with E-state index < -0.39 is 23.5 Å². The van der Waals surface area contributed by atoms with Crippen molar-refractivity contribution in [3.05, 3.63) is 39.2 Å². The van der Waals surface area contributed by atoms with Crippen molar-refractivity contribution in [3.63, 3.8) is 0 Å². The first kappa shape index (κ1) is 19.5. The largest absolute Gasteiger partial charge is 0.548 e. The number of carbonyl (C=O) groups is 2. The predicted molar refractivity (Wildman–Crippen MR) is 94.0 cm³/mol. The Morgan fingerprint density at radius 2 is 1.88 bits per heavy atom. The lowest BCUT2D eigenvalue weighted by Crippen LogP contribution is -2.51. The van der Waals surface area contributed by atoms with E-state index in [4.69, 9.17) is 9.15 Å². The number of benzene rings is 1. The Labute approximate surface area is 151 Å². The van der Waals surface area contributed by atoms with Crippen molar-refractivity contribution in [1.29, 1.82) is 0 Å². The maximum absolute atomic E-state index is 12.4. The smallest absolute Gasteiger partial charge is 0.340 e. The van der Waals surface area contributed by atoms with Crippen LogP contribution in [-0.2, 0) is 16.0 Å². The zero-order chi connectivity index (χ0) is 19.6. The lowest BCUT2D eigenvalue weighted by molar-refractivity contribution is -0.309. The van der Waals surface area contributed by atoms with Gasteiger partial charge in [-0.05, 0) is 37.5 Å². The van der Waals surface area contributed by atoms with Gasteiger partial charge in [0.2, 0.25) is 5.91 Å². The van der Waals surface area contributed by atoms with Crippen LogP contribution in [0.2, 0.25) is 0 Å². The Balaban J connectivity index is 2.40. The molecule has 7 nitrogen and oxygen atoms in total. The van der Waals surface area contributed by atoms with E-state index in [0.717, 1.165) is 0 Å². The average Bonchev–Trinajstić information content (AvgIpc) is 2.57. The van der Waals surface area contributed by atoms with Crippen LogP contribution < -0.4 is 20.8 Å². The fraction of sp³-hybridized carbons (Fsp3) is 0.421. The second-order valence-electron chi connectivity index (χ2n) is 6.55. The molecule has 1 aromatic carbocycles. The fourth-order valence-electron chi connectivity index (χ4n) is 2.88. The van der Waals surface area contributed by atoms with E-state index in [1.807, 2.05) is 0 Å². The zero-order valence-corrected chi connectivity index (χ0v) is 15.5. The molecule has 2 aromatic rings. The van der Waals surface area contributed by atoms with Crippen LogP contribution in [-0.4, -0.2) is 25.0 Å². The minimum absolute atomic E-state index is 0.195. The first-order valence-corrected chi connectivity index (χ1v) is 8.27. The summed E-state index contributed by atoms with van der Waals surface area (Å²) in [6, 6.07) is 2.40. The molecule has 0 unspecified atom stereocenters. The first-order valence-electron chi connectivity index (χ1n) is 8.27. The molecule has 1 aromatic heterocycles. The van der Waals surface area contributed by atoms with Gasteiger partial charge in [-0.3, -0.25) is 4.79 Å².